The Morgan fingerprint density at radius 1 is 1.00 bits per heavy atom. The molecule has 0 N–H and O–H groups in total. The van der Waals surface area contributed by atoms with Crippen molar-refractivity contribution >= 4 is 0 Å². The Morgan fingerprint density at radius 2 is 1.84 bits per heavy atom. The molecule has 0 bridgehead atoms. The molecule has 0 amide bonds. The molecule has 3 aromatic rings. The maximum atomic E-state index is 5.25. The molecule has 0 saturated carbocycles. The summed E-state index contributed by atoms with van der Waals surface area (Å²) in [4.78, 5) is 0. The number of hydrogen-bond donors (Lipinski definition) is 0. The SMILES string of the molecule is COc1nnccc1-c1ccnn1-c1ccccc1. The monoisotopic (exact) mass is 252 g/mol. The van der Waals surface area contributed by atoms with Crippen molar-refractivity contribution in [3.8, 4) is 22.8 Å². The van der Waals surface area contributed by atoms with E-state index in [0.29, 0.717) is 5.88 Å². The number of nitrogens with zero attached hydrogens (tertiary/aromatic N) is 4. The van der Waals surface area contributed by atoms with Gasteiger partial charge in [0.1, 0.15) is 0 Å². The molecule has 5 nitrogen and oxygen atoms in total. The highest BCUT2D eigenvalue weighted by atomic mass is 16.5. The summed E-state index contributed by atoms with van der Waals surface area (Å²) in [7, 11) is 1.58. The normalized spacial score (nSPS) is 10.4. The van der Waals surface area contributed by atoms with Crippen LogP contribution in [-0.2, 0) is 0 Å². The van der Waals surface area contributed by atoms with E-state index < -0.39 is 0 Å². The maximum absolute atomic E-state index is 5.25. The largest absolute Gasteiger partial charge is 0.479 e. The first-order valence-electron chi connectivity index (χ1n) is 5.85. The molecule has 0 aliphatic heterocycles. The number of rotatable bonds is 3. The topological polar surface area (TPSA) is 52.8 Å². The third kappa shape index (κ3) is 2.06. The van der Waals surface area contributed by atoms with Crippen molar-refractivity contribution in [1.29, 1.82) is 0 Å². The summed E-state index contributed by atoms with van der Waals surface area (Å²) in [6.45, 7) is 0. The zero-order valence-corrected chi connectivity index (χ0v) is 10.4. The molecule has 0 saturated heterocycles. The summed E-state index contributed by atoms with van der Waals surface area (Å²) < 4.78 is 7.09. The molecule has 19 heavy (non-hydrogen) atoms. The van der Waals surface area contributed by atoms with Gasteiger partial charge in [-0.2, -0.15) is 10.2 Å². The van der Waals surface area contributed by atoms with Gasteiger partial charge in [0.25, 0.3) is 0 Å². The number of aromatic nitrogens is 4. The minimum atomic E-state index is 0.486. The summed E-state index contributed by atoms with van der Waals surface area (Å²) in [6.07, 6.45) is 3.39. The van der Waals surface area contributed by atoms with Crippen molar-refractivity contribution in [3.05, 3.63) is 54.9 Å². The Hall–Kier alpha value is -2.69. The fourth-order valence-electron chi connectivity index (χ4n) is 1.95. The number of methoxy groups -OCH3 is 1. The molecule has 0 spiro atoms. The smallest absolute Gasteiger partial charge is 0.242 e. The third-order valence-corrected chi connectivity index (χ3v) is 2.80. The number of para-hydroxylation sites is 1. The average Bonchev–Trinajstić information content (AvgIpc) is 2.97. The van der Waals surface area contributed by atoms with Crippen LogP contribution in [0.5, 0.6) is 5.88 Å². The van der Waals surface area contributed by atoms with Gasteiger partial charge in [0.05, 0.1) is 36.4 Å². The van der Waals surface area contributed by atoms with E-state index in [2.05, 4.69) is 15.3 Å². The zero-order chi connectivity index (χ0) is 13.1. The molecule has 0 fully saturated rings. The molecule has 0 unspecified atom stereocenters. The van der Waals surface area contributed by atoms with Gasteiger partial charge >= 0.3 is 0 Å². The molecule has 1 aromatic carbocycles. The first kappa shape index (κ1) is 11.4. The van der Waals surface area contributed by atoms with E-state index in [1.807, 2.05) is 47.1 Å². The van der Waals surface area contributed by atoms with Gasteiger partial charge in [-0.25, -0.2) is 4.68 Å². The van der Waals surface area contributed by atoms with E-state index in [-0.39, 0.29) is 0 Å². The Balaban J connectivity index is 2.15. The van der Waals surface area contributed by atoms with Crippen LogP contribution in [0.3, 0.4) is 0 Å². The van der Waals surface area contributed by atoms with Crippen LogP contribution in [-0.4, -0.2) is 27.1 Å². The second-order valence-electron chi connectivity index (χ2n) is 3.92. The Labute approximate surface area is 110 Å². The molecule has 0 radical (unpaired) electrons. The lowest BCUT2D eigenvalue weighted by molar-refractivity contribution is 0.393. The molecule has 94 valence electrons. The predicted molar refractivity (Wildman–Crippen MR) is 71.1 cm³/mol. The van der Waals surface area contributed by atoms with Crippen LogP contribution in [0.4, 0.5) is 0 Å². The standard InChI is InChI=1S/C14H12N4O/c1-19-14-12(7-9-15-17-14)13-8-10-16-18(13)11-5-3-2-4-6-11/h2-10H,1H3. The highest BCUT2D eigenvalue weighted by Gasteiger charge is 2.12. The van der Waals surface area contributed by atoms with E-state index in [4.69, 9.17) is 4.74 Å². The summed E-state index contributed by atoms with van der Waals surface area (Å²) in [5.74, 6) is 0.486. The highest BCUT2D eigenvalue weighted by Crippen LogP contribution is 2.28. The van der Waals surface area contributed by atoms with Gasteiger partial charge in [-0.15, -0.1) is 5.10 Å². The van der Waals surface area contributed by atoms with Crippen molar-refractivity contribution in [2.24, 2.45) is 0 Å². The van der Waals surface area contributed by atoms with E-state index >= 15 is 0 Å². The van der Waals surface area contributed by atoms with E-state index in [0.717, 1.165) is 16.9 Å². The van der Waals surface area contributed by atoms with Crippen molar-refractivity contribution in [2.45, 2.75) is 0 Å². The fourth-order valence-corrected chi connectivity index (χ4v) is 1.95. The van der Waals surface area contributed by atoms with Crippen LogP contribution in [0.25, 0.3) is 16.9 Å². The lowest BCUT2D eigenvalue weighted by atomic mass is 10.2. The Bertz CT molecular complexity index is 679. The van der Waals surface area contributed by atoms with Crippen molar-refractivity contribution in [1.82, 2.24) is 20.0 Å². The minimum absolute atomic E-state index is 0.486. The quantitative estimate of drug-likeness (QED) is 0.718. The van der Waals surface area contributed by atoms with Crippen LogP contribution >= 0.6 is 0 Å². The average molecular weight is 252 g/mol. The second kappa shape index (κ2) is 4.89. The number of hydrogen-bond acceptors (Lipinski definition) is 4. The lowest BCUT2D eigenvalue weighted by Gasteiger charge is -2.09. The number of ether oxygens (including phenoxy) is 1. The van der Waals surface area contributed by atoms with Gasteiger partial charge in [0.2, 0.25) is 5.88 Å². The van der Waals surface area contributed by atoms with Gasteiger partial charge in [-0.1, -0.05) is 18.2 Å². The molecule has 3 rings (SSSR count). The molecule has 0 atom stereocenters. The predicted octanol–water partition coefficient (Wildman–Crippen LogP) is 2.34. The Kier molecular flexibility index (Phi) is 2.94. The summed E-state index contributed by atoms with van der Waals surface area (Å²) in [5, 5.41) is 12.1. The molecule has 0 aliphatic rings. The van der Waals surface area contributed by atoms with Crippen LogP contribution < -0.4 is 4.74 Å². The van der Waals surface area contributed by atoms with Crippen LogP contribution in [0, 0.1) is 0 Å². The maximum Gasteiger partial charge on any atom is 0.242 e. The Morgan fingerprint density at radius 3 is 2.63 bits per heavy atom. The van der Waals surface area contributed by atoms with E-state index in [1.165, 1.54) is 0 Å². The molecule has 2 aromatic heterocycles. The van der Waals surface area contributed by atoms with Gasteiger partial charge in [-0.05, 0) is 24.3 Å². The fraction of sp³-hybridized carbons (Fsp3) is 0.0714. The summed E-state index contributed by atoms with van der Waals surface area (Å²) >= 11 is 0. The summed E-state index contributed by atoms with van der Waals surface area (Å²) in [5.41, 5.74) is 2.76. The zero-order valence-electron chi connectivity index (χ0n) is 10.4. The molecular weight excluding hydrogens is 240 g/mol. The first-order valence-corrected chi connectivity index (χ1v) is 5.85. The van der Waals surface area contributed by atoms with Crippen LogP contribution in [0.1, 0.15) is 0 Å². The highest BCUT2D eigenvalue weighted by molar-refractivity contribution is 5.66. The van der Waals surface area contributed by atoms with Crippen molar-refractivity contribution < 1.29 is 4.74 Å². The van der Waals surface area contributed by atoms with Gasteiger partial charge in [0, 0.05) is 0 Å². The molecule has 0 aliphatic carbocycles. The number of benzene rings is 1. The summed E-state index contributed by atoms with van der Waals surface area (Å²) in [6, 6.07) is 13.7. The second-order valence-corrected chi connectivity index (χ2v) is 3.92. The van der Waals surface area contributed by atoms with Crippen LogP contribution in [0.2, 0.25) is 0 Å². The molecule has 2 heterocycles. The molecule has 5 heteroatoms. The van der Waals surface area contributed by atoms with E-state index in [9.17, 15) is 0 Å². The van der Waals surface area contributed by atoms with Gasteiger partial charge < -0.3 is 4.74 Å². The minimum Gasteiger partial charge on any atom is -0.479 e. The first-order chi connectivity index (χ1) is 9.40. The van der Waals surface area contributed by atoms with Crippen molar-refractivity contribution in [2.75, 3.05) is 7.11 Å². The molecular formula is C14H12N4O. The van der Waals surface area contributed by atoms with E-state index in [1.54, 1.807) is 19.5 Å². The van der Waals surface area contributed by atoms with Gasteiger partial charge in [0.15, 0.2) is 0 Å². The lowest BCUT2D eigenvalue weighted by Crippen LogP contribution is -2.01. The van der Waals surface area contributed by atoms with Crippen LogP contribution in [0.15, 0.2) is 54.9 Å². The third-order valence-electron chi connectivity index (χ3n) is 2.80. The van der Waals surface area contributed by atoms with Gasteiger partial charge in [-0.3, -0.25) is 0 Å². The van der Waals surface area contributed by atoms with Crippen molar-refractivity contribution in [3.63, 3.8) is 0 Å².